The van der Waals surface area contributed by atoms with E-state index in [1.54, 1.807) is 7.11 Å². The molecule has 1 saturated heterocycles. The highest BCUT2D eigenvalue weighted by Crippen LogP contribution is 2.29. The topological polar surface area (TPSA) is 49.8 Å². The Kier molecular flexibility index (Phi) is 3.80. The van der Waals surface area contributed by atoms with Crippen LogP contribution >= 0.6 is 0 Å². The lowest BCUT2D eigenvalue weighted by Gasteiger charge is -2.21. The van der Waals surface area contributed by atoms with Crippen molar-refractivity contribution in [2.45, 2.75) is 25.4 Å². The van der Waals surface area contributed by atoms with Gasteiger partial charge in [-0.15, -0.1) is 0 Å². The normalized spacial score (nSPS) is 19.0. The van der Waals surface area contributed by atoms with Crippen LogP contribution in [-0.4, -0.2) is 35.7 Å². The summed E-state index contributed by atoms with van der Waals surface area (Å²) < 4.78 is 5.47. The van der Waals surface area contributed by atoms with E-state index in [0.717, 1.165) is 41.5 Å². The molecule has 1 N–H and O–H groups in total. The average molecular weight is 285 g/mol. The van der Waals surface area contributed by atoms with Crippen molar-refractivity contribution >= 4 is 16.7 Å². The summed E-state index contributed by atoms with van der Waals surface area (Å²) in [6, 6.07) is 11.9. The quantitative estimate of drug-likeness (QED) is 0.938. The number of fused-ring (bicyclic) bond motifs is 1. The second-order valence-electron chi connectivity index (χ2n) is 5.49. The molecule has 21 heavy (non-hydrogen) atoms. The molecule has 1 aliphatic heterocycles. The number of likely N-dealkylation sites (tertiary alicyclic amines) is 1. The Morgan fingerprint density at radius 2 is 2.19 bits per heavy atom. The van der Waals surface area contributed by atoms with Crippen molar-refractivity contribution in [1.82, 2.24) is 4.90 Å². The standard InChI is InChI=1S/C17H19NO3/c1-21-16-10-12(9-13-5-2-3-6-14(13)16)11-18-8-4-7-15(18)17(19)20/h2-3,5-6,9-10,15H,4,7-8,11H2,1H3,(H,19,20)/t15-/m1/s1. The van der Waals surface area contributed by atoms with Crippen LogP contribution < -0.4 is 4.74 Å². The second kappa shape index (κ2) is 5.74. The molecule has 0 spiro atoms. The zero-order valence-electron chi connectivity index (χ0n) is 12.1. The van der Waals surface area contributed by atoms with E-state index in [4.69, 9.17) is 4.74 Å². The zero-order chi connectivity index (χ0) is 14.8. The van der Waals surface area contributed by atoms with Crippen LogP contribution in [0.4, 0.5) is 0 Å². The molecule has 2 aromatic rings. The van der Waals surface area contributed by atoms with Crippen molar-refractivity contribution < 1.29 is 14.6 Å². The number of carboxylic acids is 1. The van der Waals surface area contributed by atoms with Gasteiger partial charge in [0.15, 0.2) is 0 Å². The van der Waals surface area contributed by atoms with E-state index in [1.165, 1.54) is 0 Å². The van der Waals surface area contributed by atoms with Gasteiger partial charge in [-0.2, -0.15) is 0 Å². The lowest BCUT2D eigenvalue weighted by Crippen LogP contribution is -2.35. The molecule has 1 heterocycles. The van der Waals surface area contributed by atoms with Gasteiger partial charge in [0.25, 0.3) is 0 Å². The summed E-state index contributed by atoms with van der Waals surface area (Å²) in [5, 5.41) is 11.5. The minimum atomic E-state index is -0.722. The Hall–Kier alpha value is -2.07. The molecule has 0 bridgehead atoms. The van der Waals surface area contributed by atoms with Crippen LogP contribution in [0.3, 0.4) is 0 Å². The van der Waals surface area contributed by atoms with Crippen LogP contribution in [-0.2, 0) is 11.3 Å². The van der Waals surface area contributed by atoms with Gasteiger partial charge in [0.1, 0.15) is 11.8 Å². The number of carbonyl (C=O) groups is 1. The summed E-state index contributed by atoms with van der Waals surface area (Å²) >= 11 is 0. The van der Waals surface area contributed by atoms with Gasteiger partial charge < -0.3 is 9.84 Å². The number of carboxylic acid groups (broad SMARTS) is 1. The van der Waals surface area contributed by atoms with Crippen LogP contribution in [0.25, 0.3) is 10.8 Å². The molecule has 1 atom stereocenters. The smallest absolute Gasteiger partial charge is 0.320 e. The highest BCUT2D eigenvalue weighted by atomic mass is 16.5. The highest BCUT2D eigenvalue weighted by molar-refractivity contribution is 5.89. The van der Waals surface area contributed by atoms with Crippen molar-refractivity contribution in [3.8, 4) is 5.75 Å². The fourth-order valence-electron chi connectivity index (χ4n) is 3.12. The number of aliphatic carboxylic acids is 1. The van der Waals surface area contributed by atoms with Gasteiger partial charge in [0.2, 0.25) is 0 Å². The van der Waals surface area contributed by atoms with E-state index in [1.807, 2.05) is 29.2 Å². The first-order valence-corrected chi connectivity index (χ1v) is 7.21. The molecule has 2 aromatic carbocycles. The van der Waals surface area contributed by atoms with Gasteiger partial charge in [-0.25, -0.2) is 0 Å². The number of benzene rings is 2. The Morgan fingerprint density at radius 3 is 2.95 bits per heavy atom. The molecule has 0 radical (unpaired) electrons. The SMILES string of the molecule is COc1cc(CN2CCC[C@@H]2C(=O)O)cc2ccccc12. The number of hydrogen-bond acceptors (Lipinski definition) is 3. The molecule has 1 fully saturated rings. The Morgan fingerprint density at radius 1 is 1.38 bits per heavy atom. The van der Waals surface area contributed by atoms with Gasteiger partial charge in [0, 0.05) is 11.9 Å². The first-order chi connectivity index (χ1) is 10.2. The molecule has 1 aliphatic rings. The summed E-state index contributed by atoms with van der Waals surface area (Å²) in [7, 11) is 1.67. The summed E-state index contributed by atoms with van der Waals surface area (Å²) in [6.45, 7) is 1.49. The molecule has 0 amide bonds. The molecule has 0 saturated carbocycles. The summed E-state index contributed by atoms with van der Waals surface area (Å²) in [4.78, 5) is 13.3. The van der Waals surface area contributed by atoms with Crippen molar-refractivity contribution in [3.63, 3.8) is 0 Å². The fourth-order valence-corrected chi connectivity index (χ4v) is 3.12. The number of rotatable bonds is 4. The van der Waals surface area contributed by atoms with Gasteiger partial charge in [-0.1, -0.05) is 24.3 Å². The van der Waals surface area contributed by atoms with Crippen LogP contribution in [0.5, 0.6) is 5.75 Å². The van der Waals surface area contributed by atoms with E-state index < -0.39 is 5.97 Å². The second-order valence-corrected chi connectivity index (χ2v) is 5.49. The number of methoxy groups -OCH3 is 1. The summed E-state index contributed by atoms with van der Waals surface area (Å²) in [6.07, 6.45) is 1.68. The average Bonchev–Trinajstić information content (AvgIpc) is 2.94. The van der Waals surface area contributed by atoms with Gasteiger partial charge in [0.05, 0.1) is 7.11 Å². The molecule has 0 unspecified atom stereocenters. The Balaban J connectivity index is 1.92. The number of nitrogens with zero attached hydrogens (tertiary/aromatic N) is 1. The minimum absolute atomic E-state index is 0.359. The van der Waals surface area contributed by atoms with Crippen molar-refractivity contribution in [3.05, 3.63) is 42.0 Å². The Bertz CT molecular complexity index is 668. The zero-order valence-corrected chi connectivity index (χ0v) is 12.1. The lowest BCUT2D eigenvalue weighted by atomic mass is 10.1. The molecule has 0 aromatic heterocycles. The minimum Gasteiger partial charge on any atom is -0.496 e. The molecular formula is C17H19NO3. The maximum absolute atomic E-state index is 11.3. The van der Waals surface area contributed by atoms with Crippen LogP contribution in [0, 0.1) is 0 Å². The Labute approximate surface area is 123 Å². The monoisotopic (exact) mass is 285 g/mol. The van der Waals surface area contributed by atoms with Gasteiger partial charge in [-0.05, 0) is 42.5 Å². The van der Waals surface area contributed by atoms with Crippen LogP contribution in [0.1, 0.15) is 18.4 Å². The molecule has 3 rings (SSSR count). The van der Waals surface area contributed by atoms with E-state index >= 15 is 0 Å². The molecule has 4 nitrogen and oxygen atoms in total. The predicted octanol–water partition coefficient (Wildman–Crippen LogP) is 2.90. The van der Waals surface area contributed by atoms with Gasteiger partial charge >= 0.3 is 5.97 Å². The van der Waals surface area contributed by atoms with Crippen LogP contribution in [0.2, 0.25) is 0 Å². The number of hydrogen-bond donors (Lipinski definition) is 1. The van der Waals surface area contributed by atoms with E-state index in [2.05, 4.69) is 12.1 Å². The molecule has 110 valence electrons. The van der Waals surface area contributed by atoms with Gasteiger partial charge in [-0.3, -0.25) is 9.69 Å². The maximum Gasteiger partial charge on any atom is 0.320 e. The lowest BCUT2D eigenvalue weighted by molar-refractivity contribution is -0.142. The highest BCUT2D eigenvalue weighted by Gasteiger charge is 2.30. The van der Waals surface area contributed by atoms with Crippen LogP contribution in [0.15, 0.2) is 36.4 Å². The molecule has 4 heteroatoms. The maximum atomic E-state index is 11.3. The fraction of sp³-hybridized carbons (Fsp3) is 0.353. The predicted molar refractivity (Wildman–Crippen MR) is 81.6 cm³/mol. The third-order valence-corrected chi connectivity index (χ3v) is 4.14. The summed E-state index contributed by atoms with van der Waals surface area (Å²) in [5.74, 6) is 0.120. The number of ether oxygens (including phenoxy) is 1. The first-order valence-electron chi connectivity index (χ1n) is 7.21. The third kappa shape index (κ3) is 2.72. The van der Waals surface area contributed by atoms with Crippen molar-refractivity contribution in [1.29, 1.82) is 0 Å². The van der Waals surface area contributed by atoms with Crippen molar-refractivity contribution in [2.24, 2.45) is 0 Å². The largest absolute Gasteiger partial charge is 0.496 e. The van der Waals surface area contributed by atoms with Crippen molar-refractivity contribution in [2.75, 3.05) is 13.7 Å². The van der Waals surface area contributed by atoms with E-state index in [0.29, 0.717) is 6.54 Å². The first kappa shape index (κ1) is 13.9. The van der Waals surface area contributed by atoms with E-state index in [-0.39, 0.29) is 6.04 Å². The third-order valence-electron chi connectivity index (χ3n) is 4.14. The van der Waals surface area contributed by atoms with E-state index in [9.17, 15) is 9.90 Å². The summed E-state index contributed by atoms with van der Waals surface area (Å²) in [5.41, 5.74) is 1.10. The molecule has 0 aliphatic carbocycles. The molecular weight excluding hydrogens is 266 g/mol.